The lowest BCUT2D eigenvalue weighted by molar-refractivity contribution is 0.999. The van der Waals surface area contributed by atoms with Crippen LogP contribution in [0.15, 0.2) is 48.7 Å². The minimum atomic E-state index is 0.319. The normalized spacial score (nSPS) is 22.6. The van der Waals surface area contributed by atoms with Crippen molar-refractivity contribution in [3.63, 3.8) is 0 Å². The summed E-state index contributed by atoms with van der Waals surface area (Å²) in [5.74, 6) is 1.78. The average molecular weight is 275 g/mol. The van der Waals surface area contributed by atoms with Gasteiger partial charge in [-0.1, -0.05) is 30.4 Å². The number of aromatic nitrogens is 2. The van der Waals surface area contributed by atoms with Gasteiger partial charge in [0.1, 0.15) is 0 Å². The number of fused-ring (bicyclic) bond motifs is 1. The molecule has 1 aromatic heterocycles. The van der Waals surface area contributed by atoms with E-state index < -0.39 is 0 Å². The molecule has 1 heterocycles. The Hall–Kier alpha value is -2.42. The third-order valence-electron chi connectivity index (χ3n) is 4.39. The highest BCUT2D eigenvalue weighted by Crippen LogP contribution is 2.51. The Balaban J connectivity index is 1.80. The first-order chi connectivity index (χ1) is 10.2. The largest absolute Gasteiger partial charge is 0.368 e. The predicted molar refractivity (Wildman–Crippen MR) is 85.3 cm³/mol. The third-order valence-corrected chi connectivity index (χ3v) is 4.39. The van der Waals surface area contributed by atoms with Crippen LogP contribution in [0.3, 0.4) is 0 Å². The molecule has 2 atom stereocenters. The van der Waals surface area contributed by atoms with Crippen LogP contribution >= 0.6 is 0 Å². The van der Waals surface area contributed by atoms with Crippen molar-refractivity contribution in [3.05, 3.63) is 59.8 Å². The van der Waals surface area contributed by atoms with Gasteiger partial charge in [-0.3, -0.25) is 0 Å². The summed E-state index contributed by atoms with van der Waals surface area (Å²) < 4.78 is 0. The first-order valence-electron chi connectivity index (χ1n) is 7.30. The summed E-state index contributed by atoms with van der Waals surface area (Å²) in [5, 5.41) is 0. The van der Waals surface area contributed by atoms with E-state index in [2.05, 4.69) is 53.3 Å². The number of nitrogen functional groups attached to an aromatic ring is 1. The van der Waals surface area contributed by atoms with E-state index in [1.165, 1.54) is 23.1 Å². The summed E-state index contributed by atoms with van der Waals surface area (Å²) in [6.45, 7) is 2.10. The molecule has 3 nitrogen and oxygen atoms in total. The molecule has 3 heteroatoms. The lowest BCUT2D eigenvalue weighted by Gasteiger charge is -2.13. The zero-order valence-corrected chi connectivity index (χ0v) is 12.0. The summed E-state index contributed by atoms with van der Waals surface area (Å²) in [4.78, 5) is 8.33. The quantitative estimate of drug-likeness (QED) is 0.910. The van der Waals surface area contributed by atoms with Crippen LogP contribution in [-0.2, 0) is 0 Å². The summed E-state index contributed by atoms with van der Waals surface area (Å²) in [6.07, 6.45) is 9.74. The highest BCUT2D eigenvalue weighted by molar-refractivity contribution is 5.77. The molecule has 0 amide bonds. The molecule has 1 fully saturated rings. The van der Waals surface area contributed by atoms with Crippen LogP contribution in [0.25, 0.3) is 16.8 Å². The summed E-state index contributed by atoms with van der Waals surface area (Å²) in [5.41, 5.74) is 11.7. The number of nitrogens with two attached hydrogens (primary N) is 1. The predicted octanol–water partition coefficient (Wildman–Crippen LogP) is 3.62. The van der Waals surface area contributed by atoms with Gasteiger partial charge in [-0.15, -0.1) is 0 Å². The molecule has 0 spiro atoms. The van der Waals surface area contributed by atoms with Crippen LogP contribution in [0.4, 0.5) is 5.95 Å². The molecule has 4 rings (SSSR count). The maximum Gasteiger partial charge on any atom is 0.220 e. The SMILES string of the molecule is Cc1ccc(C2=CC=CC3CC23)cc1-c1ccnc(N)n1. The van der Waals surface area contributed by atoms with Crippen molar-refractivity contribution in [2.24, 2.45) is 11.8 Å². The fraction of sp³-hybridized carbons (Fsp3) is 0.222. The number of aryl methyl sites for hydroxylation is 1. The number of benzene rings is 1. The number of rotatable bonds is 2. The second kappa shape index (κ2) is 4.55. The molecule has 2 unspecified atom stereocenters. The van der Waals surface area contributed by atoms with Crippen molar-refractivity contribution < 1.29 is 0 Å². The number of nitrogens with zero attached hydrogens (tertiary/aromatic N) is 2. The van der Waals surface area contributed by atoms with Crippen molar-refractivity contribution in [3.8, 4) is 11.3 Å². The first kappa shape index (κ1) is 12.3. The Morgan fingerprint density at radius 2 is 2.14 bits per heavy atom. The molecular weight excluding hydrogens is 258 g/mol. The fourth-order valence-electron chi connectivity index (χ4n) is 3.12. The third kappa shape index (κ3) is 2.15. The summed E-state index contributed by atoms with van der Waals surface area (Å²) in [7, 11) is 0. The van der Waals surface area contributed by atoms with E-state index in [1.54, 1.807) is 6.20 Å². The maximum absolute atomic E-state index is 5.71. The molecule has 2 aromatic rings. The maximum atomic E-state index is 5.71. The Kier molecular flexibility index (Phi) is 2.67. The minimum absolute atomic E-state index is 0.319. The highest BCUT2D eigenvalue weighted by Gasteiger charge is 2.39. The Morgan fingerprint density at radius 3 is 3.00 bits per heavy atom. The number of hydrogen-bond donors (Lipinski definition) is 1. The monoisotopic (exact) mass is 275 g/mol. The van der Waals surface area contributed by atoms with Crippen molar-refractivity contribution in [1.82, 2.24) is 9.97 Å². The van der Waals surface area contributed by atoms with Crippen molar-refractivity contribution in [1.29, 1.82) is 0 Å². The van der Waals surface area contributed by atoms with Gasteiger partial charge in [0.25, 0.3) is 0 Å². The Labute approximate surface area is 124 Å². The van der Waals surface area contributed by atoms with Gasteiger partial charge in [0.15, 0.2) is 0 Å². The van der Waals surface area contributed by atoms with Crippen molar-refractivity contribution in [2.45, 2.75) is 13.3 Å². The van der Waals surface area contributed by atoms with E-state index in [0.29, 0.717) is 11.9 Å². The number of anilines is 1. The fourth-order valence-corrected chi connectivity index (χ4v) is 3.12. The van der Waals surface area contributed by atoms with Crippen LogP contribution in [0, 0.1) is 18.8 Å². The number of allylic oxidation sites excluding steroid dienone is 4. The molecule has 1 aromatic carbocycles. The molecule has 0 radical (unpaired) electrons. The van der Waals surface area contributed by atoms with E-state index in [9.17, 15) is 0 Å². The minimum Gasteiger partial charge on any atom is -0.368 e. The van der Waals surface area contributed by atoms with E-state index >= 15 is 0 Å². The molecule has 1 saturated carbocycles. The van der Waals surface area contributed by atoms with Gasteiger partial charge >= 0.3 is 0 Å². The zero-order valence-electron chi connectivity index (χ0n) is 12.0. The molecule has 21 heavy (non-hydrogen) atoms. The topological polar surface area (TPSA) is 51.8 Å². The van der Waals surface area contributed by atoms with Gasteiger partial charge in [-0.2, -0.15) is 0 Å². The number of hydrogen-bond acceptors (Lipinski definition) is 3. The molecule has 2 aliphatic carbocycles. The van der Waals surface area contributed by atoms with Gasteiger partial charge in [-0.05, 0) is 54.0 Å². The van der Waals surface area contributed by atoms with Gasteiger partial charge in [0.2, 0.25) is 5.95 Å². The van der Waals surface area contributed by atoms with Crippen LogP contribution in [0.5, 0.6) is 0 Å². The van der Waals surface area contributed by atoms with Crippen molar-refractivity contribution >= 4 is 11.5 Å². The van der Waals surface area contributed by atoms with Crippen molar-refractivity contribution in [2.75, 3.05) is 5.73 Å². The molecular formula is C18H17N3. The molecule has 2 N–H and O–H groups in total. The van der Waals surface area contributed by atoms with Gasteiger partial charge in [0.05, 0.1) is 5.69 Å². The summed E-state index contributed by atoms with van der Waals surface area (Å²) >= 11 is 0. The second-order valence-electron chi connectivity index (χ2n) is 5.84. The van der Waals surface area contributed by atoms with Crippen LogP contribution in [0.2, 0.25) is 0 Å². The Morgan fingerprint density at radius 1 is 1.24 bits per heavy atom. The van der Waals surface area contributed by atoms with Gasteiger partial charge in [-0.25, -0.2) is 9.97 Å². The van der Waals surface area contributed by atoms with E-state index in [1.807, 2.05) is 6.07 Å². The van der Waals surface area contributed by atoms with Crippen LogP contribution in [-0.4, -0.2) is 9.97 Å². The first-order valence-corrected chi connectivity index (χ1v) is 7.30. The smallest absolute Gasteiger partial charge is 0.220 e. The second-order valence-corrected chi connectivity index (χ2v) is 5.84. The lowest BCUT2D eigenvalue weighted by atomic mass is 9.93. The standard InChI is InChI=1S/C18H17N3/c1-11-5-6-13(14-4-2-3-12-10-16(12)14)9-15(11)17-7-8-20-18(19)21-17/h2-9,12,16H,10H2,1H3,(H2,19,20,21). The molecule has 104 valence electrons. The zero-order chi connectivity index (χ0) is 14.4. The van der Waals surface area contributed by atoms with E-state index in [0.717, 1.165) is 17.2 Å². The van der Waals surface area contributed by atoms with E-state index in [4.69, 9.17) is 5.73 Å². The molecule has 2 aliphatic rings. The summed E-state index contributed by atoms with van der Waals surface area (Å²) in [6, 6.07) is 8.53. The average Bonchev–Trinajstić information content (AvgIpc) is 3.27. The Bertz CT molecular complexity index is 774. The van der Waals surface area contributed by atoms with Gasteiger partial charge < -0.3 is 5.73 Å². The highest BCUT2D eigenvalue weighted by atomic mass is 15.0. The van der Waals surface area contributed by atoms with Gasteiger partial charge in [0, 0.05) is 11.8 Å². The van der Waals surface area contributed by atoms with E-state index in [-0.39, 0.29) is 0 Å². The lowest BCUT2D eigenvalue weighted by Crippen LogP contribution is -1.98. The van der Waals surface area contributed by atoms with Crippen LogP contribution < -0.4 is 5.73 Å². The molecule has 0 bridgehead atoms. The molecule has 0 saturated heterocycles. The molecule has 0 aliphatic heterocycles. The van der Waals surface area contributed by atoms with Crippen LogP contribution in [0.1, 0.15) is 17.5 Å².